The van der Waals surface area contributed by atoms with E-state index in [0.29, 0.717) is 11.8 Å². The minimum atomic E-state index is 0.220. The average Bonchev–Trinajstić information content (AvgIpc) is 3.19. The fourth-order valence-corrected chi connectivity index (χ4v) is 4.33. The normalized spacial score (nSPS) is 23.2. The van der Waals surface area contributed by atoms with Crippen LogP contribution in [0.4, 0.5) is 0 Å². The molecule has 2 aromatic heterocycles. The van der Waals surface area contributed by atoms with E-state index < -0.39 is 0 Å². The molecule has 4 heterocycles. The van der Waals surface area contributed by atoms with Crippen LogP contribution in [0, 0.1) is 5.41 Å². The predicted octanol–water partition coefficient (Wildman–Crippen LogP) is 1.61. The summed E-state index contributed by atoms with van der Waals surface area (Å²) in [5, 5.41) is 8.54. The van der Waals surface area contributed by atoms with Crippen LogP contribution in [0.25, 0.3) is 0 Å². The molecule has 7 nitrogen and oxygen atoms in total. The van der Waals surface area contributed by atoms with Crippen molar-refractivity contribution < 1.29 is 9.47 Å². The van der Waals surface area contributed by atoms with Crippen LogP contribution in [0.3, 0.4) is 0 Å². The minimum Gasteiger partial charge on any atom is -0.481 e. The number of hydrogen-bond acceptors (Lipinski definition) is 6. The van der Waals surface area contributed by atoms with E-state index in [1.165, 1.54) is 0 Å². The highest BCUT2D eigenvalue weighted by molar-refractivity contribution is 5.17. The van der Waals surface area contributed by atoms with E-state index >= 15 is 0 Å². The Balaban J connectivity index is 1.58. The van der Waals surface area contributed by atoms with Crippen LogP contribution in [0.15, 0.2) is 24.5 Å². The average molecular weight is 343 g/mol. The maximum atomic E-state index is 5.65. The molecule has 0 aromatic carbocycles. The summed E-state index contributed by atoms with van der Waals surface area (Å²) in [7, 11) is 3.69. The Labute approximate surface area is 148 Å². The summed E-state index contributed by atoms with van der Waals surface area (Å²) in [6, 6.07) is 5.95. The summed E-state index contributed by atoms with van der Waals surface area (Å²) < 4.78 is 13.0. The number of aryl methyl sites for hydroxylation is 1. The predicted molar refractivity (Wildman–Crippen MR) is 92.3 cm³/mol. The maximum Gasteiger partial charge on any atom is 0.213 e. The Morgan fingerprint density at radius 2 is 2.16 bits per heavy atom. The van der Waals surface area contributed by atoms with E-state index in [1.54, 1.807) is 13.4 Å². The molecular weight excluding hydrogens is 318 g/mol. The Bertz CT molecular complexity index is 726. The Morgan fingerprint density at radius 3 is 2.88 bits per heavy atom. The van der Waals surface area contributed by atoms with Crippen molar-refractivity contribution in [3.8, 4) is 5.88 Å². The second-order valence-electron chi connectivity index (χ2n) is 7.17. The van der Waals surface area contributed by atoms with Crippen LogP contribution in [0.1, 0.15) is 30.3 Å². The Morgan fingerprint density at radius 1 is 1.32 bits per heavy atom. The van der Waals surface area contributed by atoms with Gasteiger partial charge < -0.3 is 14.0 Å². The molecule has 0 radical (unpaired) electrons. The molecule has 0 aliphatic carbocycles. The van der Waals surface area contributed by atoms with Crippen molar-refractivity contribution in [2.24, 2.45) is 12.5 Å². The topological polar surface area (TPSA) is 65.3 Å². The molecule has 7 heteroatoms. The number of methoxy groups -OCH3 is 1. The molecular formula is C18H25N5O2. The van der Waals surface area contributed by atoms with Gasteiger partial charge in [-0.05, 0) is 24.3 Å². The van der Waals surface area contributed by atoms with Crippen LogP contribution < -0.4 is 4.74 Å². The van der Waals surface area contributed by atoms with Gasteiger partial charge in [-0.1, -0.05) is 6.07 Å². The lowest BCUT2D eigenvalue weighted by molar-refractivity contribution is 0.0105. The van der Waals surface area contributed by atoms with Crippen molar-refractivity contribution in [3.05, 3.63) is 36.0 Å². The molecule has 1 unspecified atom stereocenters. The van der Waals surface area contributed by atoms with E-state index in [1.807, 2.05) is 19.2 Å². The van der Waals surface area contributed by atoms with Crippen LogP contribution in [0.5, 0.6) is 5.88 Å². The van der Waals surface area contributed by atoms with Gasteiger partial charge in [0.05, 0.1) is 12.8 Å². The molecule has 1 spiro atoms. The molecule has 2 saturated heterocycles. The van der Waals surface area contributed by atoms with Crippen molar-refractivity contribution in [2.45, 2.75) is 25.3 Å². The fraction of sp³-hybridized carbons (Fsp3) is 0.611. The molecule has 4 rings (SSSR count). The molecule has 0 N–H and O–H groups in total. The van der Waals surface area contributed by atoms with Crippen LogP contribution in [-0.4, -0.2) is 58.1 Å². The van der Waals surface area contributed by atoms with Gasteiger partial charge in [-0.2, -0.15) is 0 Å². The molecule has 25 heavy (non-hydrogen) atoms. The zero-order chi connectivity index (χ0) is 17.3. The lowest BCUT2D eigenvalue weighted by Gasteiger charge is -2.37. The van der Waals surface area contributed by atoms with Crippen LogP contribution in [0.2, 0.25) is 0 Å². The SMILES string of the molecule is COc1cccc(CN2CC(c3nncn3C)C3(CCOCC3)C2)n1. The molecule has 0 bridgehead atoms. The fourth-order valence-electron chi connectivity index (χ4n) is 4.33. The monoisotopic (exact) mass is 343 g/mol. The molecule has 2 aliphatic rings. The molecule has 0 saturated carbocycles. The molecule has 2 fully saturated rings. The van der Waals surface area contributed by atoms with E-state index in [4.69, 9.17) is 9.47 Å². The van der Waals surface area contributed by atoms with E-state index in [-0.39, 0.29) is 5.41 Å². The first-order valence-corrected chi connectivity index (χ1v) is 8.84. The smallest absolute Gasteiger partial charge is 0.213 e. The van der Waals surface area contributed by atoms with E-state index in [2.05, 4.69) is 30.7 Å². The first-order chi connectivity index (χ1) is 12.2. The first-order valence-electron chi connectivity index (χ1n) is 8.84. The largest absolute Gasteiger partial charge is 0.481 e. The Kier molecular flexibility index (Phi) is 4.43. The van der Waals surface area contributed by atoms with Gasteiger partial charge in [0.15, 0.2) is 0 Å². The summed E-state index contributed by atoms with van der Waals surface area (Å²) >= 11 is 0. The standard InChI is InChI=1S/C18H25N5O2/c1-22-13-19-21-17(22)15-11-23(12-18(15)6-8-25-9-7-18)10-14-4-3-5-16(20-14)24-2/h3-5,13,15H,6-12H2,1-2H3. The highest BCUT2D eigenvalue weighted by atomic mass is 16.5. The van der Waals surface area contributed by atoms with Crippen molar-refractivity contribution >= 4 is 0 Å². The quantitative estimate of drug-likeness (QED) is 0.840. The second kappa shape index (κ2) is 6.72. The molecule has 134 valence electrons. The highest BCUT2D eigenvalue weighted by Crippen LogP contribution is 2.49. The lowest BCUT2D eigenvalue weighted by Crippen LogP contribution is -2.36. The highest BCUT2D eigenvalue weighted by Gasteiger charge is 2.49. The van der Waals surface area contributed by atoms with Gasteiger partial charge in [-0.3, -0.25) is 4.90 Å². The zero-order valence-electron chi connectivity index (χ0n) is 14.9. The number of rotatable bonds is 4. The van der Waals surface area contributed by atoms with Gasteiger partial charge >= 0.3 is 0 Å². The molecule has 2 aliphatic heterocycles. The number of ether oxygens (including phenoxy) is 2. The summed E-state index contributed by atoms with van der Waals surface area (Å²) in [4.78, 5) is 7.06. The van der Waals surface area contributed by atoms with Crippen LogP contribution >= 0.6 is 0 Å². The van der Waals surface area contributed by atoms with Gasteiger partial charge in [0.25, 0.3) is 0 Å². The second-order valence-corrected chi connectivity index (χ2v) is 7.17. The number of pyridine rings is 1. The summed E-state index contributed by atoms with van der Waals surface area (Å²) in [6.45, 7) is 4.52. The third-order valence-electron chi connectivity index (χ3n) is 5.64. The van der Waals surface area contributed by atoms with Crippen molar-refractivity contribution in [2.75, 3.05) is 33.4 Å². The van der Waals surface area contributed by atoms with Crippen LogP contribution in [-0.2, 0) is 18.3 Å². The van der Waals surface area contributed by atoms with E-state index in [9.17, 15) is 0 Å². The third-order valence-corrected chi connectivity index (χ3v) is 5.64. The summed E-state index contributed by atoms with van der Waals surface area (Å²) in [5.41, 5.74) is 1.26. The van der Waals surface area contributed by atoms with E-state index in [0.717, 1.165) is 57.2 Å². The minimum absolute atomic E-state index is 0.220. The summed E-state index contributed by atoms with van der Waals surface area (Å²) in [6.07, 6.45) is 3.95. The molecule has 2 aromatic rings. The maximum absolute atomic E-state index is 5.65. The first kappa shape index (κ1) is 16.5. The molecule has 0 amide bonds. The Hall–Kier alpha value is -1.99. The van der Waals surface area contributed by atoms with Gasteiger partial charge in [0.2, 0.25) is 5.88 Å². The zero-order valence-corrected chi connectivity index (χ0v) is 14.9. The third kappa shape index (κ3) is 3.14. The lowest BCUT2D eigenvalue weighted by atomic mass is 9.72. The molecule has 1 atom stereocenters. The van der Waals surface area contributed by atoms with Crippen molar-refractivity contribution in [1.82, 2.24) is 24.6 Å². The number of likely N-dealkylation sites (tertiary alicyclic amines) is 1. The number of hydrogen-bond donors (Lipinski definition) is 0. The van der Waals surface area contributed by atoms with Gasteiger partial charge in [-0.15, -0.1) is 10.2 Å². The number of aromatic nitrogens is 4. The van der Waals surface area contributed by atoms with Crippen molar-refractivity contribution in [1.29, 1.82) is 0 Å². The van der Waals surface area contributed by atoms with Gasteiger partial charge in [0, 0.05) is 51.9 Å². The summed E-state index contributed by atoms with van der Waals surface area (Å²) in [5.74, 6) is 2.14. The van der Waals surface area contributed by atoms with Gasteiger partial charge in [-0.25, -0.2) is 4.98 Å². The van der Waals surface area contributed by atoms with Crippen molar-refractivity contribution in [3.63, 3.8) is 0 Å². The number of nitrogens with zero attached hydrogens (tertiary/aromatic N) is 5. The van der Waals surface area contributed by atoms with Gasteiger partial charge in [0.1, 0.15) is 12.2 Å².